The molecule has 35 heavy (non-hydrogen) atoms. The predicted octanol–water partition coefficient (Wildman–Crippen LogP) is 3.71. The second kappa shape index (κ2) is 10.1. The molecule has 2 amide bonds. The summed E-state index contributed by atoms with van der Waals surface area (Å²) >= 11 is 12.1. The standard InChI is InChI=1S/C24H24BCl2N7O/c25-20-14-30-34-22(29-13-15-2-1-5-28-12-15)11-21(32-23(20)34)16-3-6-33(7-4-16)24(35)31-19-9-17(26)8-18(27)10-19/h1-2,5,8-12,14,16,29H,3-4,6-7,13,25H2,(H,31,35). The van der Waals surface area contributed by atoms with Crippen molar-refractivity contribution >= 4 is 59.7 Å². The second-order valence-electron chi connectivity index (χ2n) is 8.69. The third kappa shape index (κ3) is 5.36. The first-order valence-corrected chi connectivity index (χ1v) is 12.2. The largest absolute Gasteiger partial charge is 0.366 e. The van der Waals surface area contributed by atoms with Gasteiger partial charge in [0.05, 0.1) is 0 Å². The van der Waals surface area contributed by atoms with Crippen molar-refractivity contribution < 1.29 is 4.79 Å². The van der Waals surface area contributed by atoms with E-state index in [4.69, 9.17) is 28.2 Å². The zero-order valence-corrected chi connectivity index (χ0v) is 20.7. The third-order valence-electron chi connectivity index (χ3n) is 6.18. The van der Waals surface area contributed by atoms with Crippen LogP contribution in [0.3, 0.4) is 0 Å². The van der Waals surface area contributed by atoms with E-state index in [1.807, 2.05) is 41.8 Å². The van der Waals surface area contributed by atoms with Crippen LogP contribution in [0.4, 0.5) is 16.3 Å². The summed E-state index contributed by atoms with van der Waals surface area (Å²) in [6.07, 6.45) is 7.08. The first-order chi connectivity index (χ1) is 17.0. The summed E-state index contributed by atoms with van der Waals surface area (Å²) in [5.41, 5.74) is 4.55. The Bertz CT molecular complexity index is 1340. The topological polar surface area (TPSA) is 87.5 Å². The maximum absolute atomic E-state index is 12.8. The summed E-state index contributed by atoms with van der Waals surface area (Å²) in [6, 6.07) is 10.9. The molecule has 0 unspecified atom stereocenters. The zero-order chi connectivity index (χ0) is 24.4. The van der Waals surface area contributed by atoms with Crippen molar-refractivity contribution in [3.63, 3.8) is 0 Å². The predicted molar refractivity (Wildman–Crippen MR) is 142 cm³/mol. The molecule has 2 N–H and O–H groups in total. The van der Waals surface area contributed by atoms with E-state index in [2.05, 4.69) is 26.8 Å². The molecule has 8 nitrogen and oxygen atoms in total. The molecule has 0 saturated carbocycles. The Morgan fingerprint density at radius 3 is 2.60 bits per heavy atom. The Balaban J connectivity index is 1.28. The van der Waals surface area contributed by atoms with Gasteiger partial charge in [-0.15, -0.1) is 0 Å². The number of anilines is 2. The molecule has 1 aliphatic heterocycles. The van der Waals surface area contributed by atoms with Gasteiger partial charge in [-0.1, -0.05) is 29.3 Å². The molecule has 4 aromatic rings. The van der Waals surface area contributed by atoms with Gasteiger partial charge in [-0.3, -0.25) is 4.98 Å². The Hall–Kier alpha value is -3.30. The van der Waals surface area contributed by atoms with Gasteiger partial charge in [-0.2, -0.15) is 9.61 Å². The van der Waals surface area contributed by atoms with Gasteiger partial charge in [-0.05, 0) is 48.1 Å². The highest BCUT2D eigenvalue weighted by molar-refractivity contribution is 6.36. The molecule has 0 atom stereocenters. The van der Waals surface area contributed by atoms with Crippen LogP contribution in [0.25, 0.3) is 5.65 Å². The van der Waals surface area contributed by atoms with Crippen molar-refractivity contribution in [2.45, 2.75) is 25.3 Å². The normalized spacial score (nSPS) is 14.3. The number of urea groups is 1. The molecular weight excluding hydrogens is 484 g/mol. The van der Waals surface area contributed by atoms with Crippen molar-refractivity contribution in [1.29, 1.82) is 0 Å². The zero-order valence-electron chi connectivity index (χ0n) is 19.2. The molecule has 11 heteroatoms. The van der Waals surface area contributed by atoms with Gasteiger partial charge >= 0.3 is 6.03 Å². The average molecular weight is 508 g/mol. The number of likely N-dealkylation sites (tertiary alicyclic amines) is 1. The van der Waals surface area contributed by atoms with Crippen LogP contribution in [0.5, 0.6) is 0 Å². The molecule has 0 radical (unpaired) electrons. The Morgan fingerprint density at radius 2 is 1.89 bits per heavy atom. The lowest BCUT2D eigenvalue weighted by Crippen LogP contribution is -2.40. The molecular formula is C24H24BCl2N7O. The number of piperidine rings is 1. The van der Waals surface area contributed by atoms with E-state index in [0.29, 0.717) is 35.4 Å². The van der Waals surface area contributed by atoms with Crippen LogP contribution in [-0.4, -0.2) is 51.4 Å². The van der Waals surface area contributed by atoms with Gasteiger partial charge in [0, 0.05) is 71.6 Å². The number of aromatic nitrogens is 4. The van der Waals surface area contributed by atoms with E-state index in [0.717, 1.165) is 41.0 Å². The number of pyridine rings is 1. The molecule has 1 aromatic carbocycles. The number of carbonyl (C=O) groups excluding carboxylic acids is 1. The minimum Gasteiger partial charge on any atom is -0.366 e. The summed E-state index contributed by atoms with van der Waals surface area (Å²) in [5.74, 6) is 1.14. The summed E-state index contributed by atoms with van der Waals surface area (Å²) in [6.45, 7) is 1.90. The lowest BCUT2D eigenvalue weighted by Gasteiger charge is -2.32. The van der Waals surface area contributed by atoms with Crippen LogP contribution in [0, 0.1) is 0 Å². The van der Waals surface area contributed by atoms with Gasteiger partial charge in [-0.25, -0.2) is 9.78 Å². The summed E-state index contributed by atoms with van der Waals surface area (Å²) in [5, 5.41) is 11.8. The lowest BCUT2D eigenvalue weighted by atomic mass is 9.93. The number of hydrogen-bond acceptors (Lipinski definition) is 5. The number of rotatable bonds is 5. The fraction of sp³-hybridized carbons (Fsp3) is 0.250. The number of nitrogens with one attached hydrogen (secondary N) is 2. The van der Waals surface area contributed by atoms with Gasteiger partial charge in [0.1, 0.15) is 13.7 Å². The Labute approximate surface area is 214 Å². The smallest absolute Gasteiger partial charge is 0.321 e. The fourth-order valence-electron chi connectivity index (χ4n) is 4.33. The molecule has 0 spiro atoms. The first kappa shape index (κ1) is 23.4. The minimum absolute atomic E-state index is 0.157. The van der Waals surface area contributed by atoms with Crippen LogP contribution in [0.15, 0.2) is 55.0 Å². The van der Waals surface area contributed by atoms with Crippen molar-refractivity contribution in [1.82, 2.24) is 24.5 Å². The number of halogens is 2. The highest BCUT2D eigenvalue weighted by atomic mass is 35.5. The lowest BCUT2D eigenvalue weighted by molar-refractivity contribution is 0.194. The molecule has 0 aliphatic carbocycles. The van der Waals surface area contributed by atoms with Crippen molar-refractivity contribution in [2.24, 2.45) is 0 Å². The van der Waals surface area contributed by atoms with E-state index in [1.54, 1.807) is 24.4 Å². The van der Waals surface area contributed by atoms with E-state index in [-0.39, 0.29) is 11.9 Å². The molecule has 1 fully saturated rings. The van der Waals surface area contributed by atoms with Crippen LogP contribution in [0.1, 0.15) is 30.0 Å². The van der Waals surface area contributed by atoms with Gasteiger partial charge in [0.25, 0.3) is 0 Å². The highest BCUT2D eigenvalue weighted by Crippen LogP contribution is 2.29. The van der Waals surface area contributed by atoms with Gasteiger partial charge in [0.2, 0.25) is 0 Å². The molecule has 1 aliphatic rings. The van der Waals surface area contributed by atoms with E-state index >= 15 is 0 Å². The number of amides is 2. The number of fused-ring (bicyclic) bond motifs is 1. The number of benzene rings is 1. The minimum atomic E-state index is -0.157. The number of carbonyl (C=O) groups is 1. The summed E-state index contributed by atoms with van der Waals surface area (Å²) in [4.78, 5) is 23.7. The van der Waals surface area contributed by atoms with Crippen molar-refractivity contribution in [3.05, 3.63) is 76.3 Å². The van der Waals surface area contributed by atoms with Gasteiger partial charge in [0.15, 0.2) is 5.65 Å². The van der Waals surface area contributed by atoms with Crippen LogP contribution in [-0.2, 0) is 6.54 Å². The quantitative estimate of drug-likeness (QED) is 0.402. The third-order valence-corrected chi connectivity index (χ3v) is 6.62. The number of nitrogens with zero attached hydrogens (tertiary/aromatic N) is 5. The Morgan fingerprint density at radius 1 is 1.11 bits per heavy atom. The van der Waals surface area contributed by atoms with Gasteiger partial charge < -0.3 is 15.5 Å². The molecule has 3 aromatic heterocycles. The van der Waals surface area contributed by atoms with Crippen molar-refractivity contribution in [2.75, 3.05) is 23.7 Å². The van der Waals surface area contributed by atoms with Crippen LogP contribution < -0.4 is 16.1 Å². The summed E-state index contributed by atoms with van der Waals surface area (Å²) in [7, 11) is 2.01. The fourth-order valence-corrected chi connectivity index (χ4v) is 4.85. The highest BCUT2D eigenvalue weighted by Gasteiger charge is 2.26. The van der Waals surface area contributed by atoms with Crippen molar-refractivity contribution in [3.8, 4) is 0 Å². The number of hydrogen-bond donors (Lipinski definition) is 2. The molecule has 1 saturated heterocycles. The molecule has 178 valence electrons. The molecule has 0 bridgehead atoms. The van der Waals surface area contributed by atoms with Crippen LogP contribution in [0.2, 0.25) is 10.0 Å². The maximum Gasteiger partial charge on any atom is 0.321 e. The second-order valence-corrected chi connectivity index (χ2v) is 9.57. The first-order valence-electron chi connectivity index (χ1n) is 11.5. The van der Waals surface area contributed by atoms with E-state index in [1.165, 1.54) is 0 Å². The Kier molecular flexibility index (Phi) is 6.79. The van der Waals surface area contributed by atoms with E-state index < -0.39 is 0 Å². The monoisotopic (exact) mass is 507 g/mol. The molecule has 4 heterocycles. The maximum atomic E-state index is 12.8. The van der Waals surface area contributed by atoms with Crippen LogP contribution >= 0.6 is 23.2 Å². The SMILES string of the molecule is Bc1cnn2c(NCc3cccnc3)cc(C3CCN(C(=O)Nc4cc(Cl)cc(Cl)c4)CC3)nc12. The summed E-state index contributed by atoms with van der Waals surface area (Å²) < 4.78 is 1.84. The van der Waals surface area contributed by atoms with E-state index in [9.17, 15) is 4.79 Å². The molecule has 5 rings (SSSR count). The average Bonchev–Trinajstić information content (AvgIpc) is 3.23.